The number of carboxylic acids is 1. The summed E-state index contributed by atoms with van der Waals surface area (Å²) in [6.07, 6.45) is 0.169. The average Bonchev–Trinajstić information content (AvgIpc) is 2.69. The first-order valence-corrected chi connectivity index (χ1v) is 9.61. The van der Waals surface area contributed by atoms with Crippen LogP contribution in [0, 0.1) is 0 Å². The molecule has 0 radical (unpaired) electrons. The van der Waals surface area contributed by atoms with Gasteiger partial charge in [-0.1, -0.05) is 24.3 Å². The van der Waals surface area contributed by atoms with E-state index in [1.165, 1.54) is 12.1 Å². The first kappa shape index (κ1) is 21.9. The van der Waals surface area contributed by atoms with Crippen LogP contribution in [0.4, 0.5) is 10.5 Å². The average molecular weight is 397 g/mol. The van der Waals surface area contributed by atoms with Gasteiger partial charge in [-0.15, -0.1) is 0 Å². The molecule has 29 heavy (non-hydrogen) atoms. The number of nitrogens with zero attached hydrogens (tertiary/aromatic N) is 1. The molecule has 3 N–H and O–H groups in total. The minimum absolute atomic E-state index is 0.141. The zero-order chi connectivity index (χ0) is 21.4. The van der Waals surface area contributed by atoms with Gasteiger partial charge in [0.05, 0.1) is 18.0 Å². The molecule has 3 amide bonds. The lowest BCUT2D eigenvalue weighted by Crippen LogP contribution is -2.34. The van der Waals surface area contributed by atoms with E-state index < -0.39 is 5.97 Å². The molecule has 1 unspecified atom stereocenters. The molecule has 0 bridgehead atoms. The molecule has 2 rings (SSSR count). The topological polar surface area (TPSA) is 98.7 Å². The van der Waals surface area contributed by atoms with Crippen LogP contribution in [0.1, 0.15) is 48.3 Å². The molecule has 0 aliphatic carbocycles. The molecule has 0 saturated heterocycles. The normalized spacial score (nSPS) is 11.4. The summed E-state index contributed by atoms with van der Waals surface area (Å²) in [6.45, 7) is 7.02. The number of carbonyl (C=O) groups is 3. The maximum atomic E-state index is 12.3. The van der Waals surface area contributed by atoms with Crippen molar-refractivity contribution in [2.24, 2.45) is 0 Å². The van der Waals surface area contributed by atoms with Gasteiger partial charge in [-0.25, -0.2) is 9.59 Å². The second kappa shape index (κ2) is 10.3. The van der Waals surface area contributed by atoms with Gasteiger partial charge in [0.25, 0.3) is 0 Å². The van der Waals surface area contributed by atoms with Crippen molar-refractivity contribution in [3.63, 3.8) is 0 Å². The molecule has 0 aliphatic heterocycles. The number of hydrogen-bond donors (Lipinski definition) is 3. The second-order valence-electron chi connectivity index (χ2n) is 6.69. The van der Waals surface area contributed by atoms with Crippen molar-refractivity contribution in [3.8, 4) is 0 Å². The molecule has 7 nitrogen and oxygen atoms in total. The molecule has 1 atom stereocenters. The third kappa shape index (κ3) is 6.34. The Kier molecular flexibility index (Phi) is 7.77. The molecular weight excluding hydrogens is 370 g/mol. The van der Waals surface area contributed by atoms with Crippen LogP contribution < -0.4 is 10.6 Å². The predicted octanol–water partition coefficient (Wildman–Crippen LogP) is 3.68. The molecule has 0 heterocycles. The Labute approximate surface area is 170 Å². The number of hydrogen-bond acceptors (Lipinski definition) is 3. The van der Waals surface area contributed by atoms with E-state index in [2.05, 4.69) is 10.6 Å². The molecule has 2 aromatic rings. The third-order valence-electron chi connectivity index (χ3n) is 4.66. The number of nitrogens with one attached hydrogen (secondary N) is 2. The number of carboxylic acid groups (broad SMARTS) is 1. The van der Waals surface area contributed by atoms with E-state index in [0.717, 1.165) is 11.1 Å². The minimum atomic E-state index is -0.994. The molecule has 2 aromatic carbocycles. The van der Waals surface area contributed by atoms with Crippen molar-refractivity contribution >= 4 is 23.6 Å². The Morgan fingerprint density at radius 3 is 2.07 bits per heavy atom. The number of anilines is 1. The summed E-state index contributed by atoms with van der Waals surface area (Å²) in [7, 11) is 0. The maximum absolute atomic E-state index is 12.3. The lowest BCUT2D eigenvalue weighted by atomic mass is 10.1. The summed E-state index contributed by atoms with van der Waals surface area (Å²) in [5.41, 5.74) is 2.55. The van der Waals surface area contributed by atoms with E-state index in [4.69, 9.17) is 5.11 Å². The van der Waals surface area contributed by atoms with Gasteiger partial charge in [-0.3, -0.25) is 4.79 Å². The van der Waals surface area contributed by atoms with E-state index in [-0.39, 0.29) is 30.0 Å². The first-order chi connectivity index (χ1) is 13.8. The van der Waals surface area contributed by atoms with Crippen molar-refractivity contribution < 1.29 is 19.5 Å². The highest BCUT2D eigenvalue weighted by Gasteiger charge is 2.12. The molecular formula is C22H27N3O4. The number of amides is 3. The largest absolute Gasteiger partial charge is 0.478 e. The Balaban J connectivity index is 1.91. The number of carbonyl (C=O) groups excluding carboxylic acids is 2. The molecule has 154 valence electrons. The van der Waals surface area contributed by atoms with Crippen molar-refractivity contribution in [1.29, 1.82) is 0 Å². The zero-order valence-electron chi connectivity index (χ0n) is 16.9. The quantitative estimate of drug-likeness (QED) is 0.633. The van der Waals surface area contributed by atoms with Crippen LogP contribution in [0.3, 0.4) is 0 Å². The highest BCUT2D eigenvalue weighted by atomic mass is 16.4. The molecule has 0 aliphatic rings. The summed E-state index contributed by atoms with van der Waals surface area (Å²) in [5, 5.41) is 14.7. The summed E-state index contributed by atoms with van der Waals surface area (Å²) in [6, 6.07) is 13.3. The van der Waals surface area contributed by atoms with E-state index in [9.17, 15) is 14.4 Å². The summed E-state index contributed by atoms with van der Waals surface area (Å²) < 4.78 is 0. The van der Waals surface area contributed by atoms with E-state index >= 15 is 0 Å². The van der Waals surface area contributed by atoms with Gasteiger partial charge in [0.15, 0.2) is 0 Å². The highest BCUT2D eigenvalue weighted by molar-refractivity contribution is 5.89. The van der Waals surface area contributed by atoms with Crippen molar-refractivity contribution in [2.45, 2.75) is 33.2 Å². The number of aromatic carboxylic acids is 1. The Hall–Kier alpha value is -3.35. The van der Waals surface area contributed by atoms with Gasteiger partial charge in [-0.2, -0.15) is 0 Å². The Bertz CT molecular complexity index is 843. The highest BCUT2D eigenvalue weighted by Crippen LogP contribution is 2.17. The van der Waals surface area contributed by atoms with Crippen molar-refractivity contribution in [3.05, 3.63) is 65.2 Å². The summed E-state index contributed by atoms with van der Waals surface area (Å²) >= 11 is 0. The van der Waals surface area contributed by atoms with Crippen LogP contribution >= 0.6 is 0 Å². The summed E-state index contributed by atoms with van der Waals surface area (Å²) in [5.74, 6) is -1.15. The monoisotopic (exact) mass is 397 g/mol. The number of rotatable bonds is 8. The predicted molar refractivity (Wildman–Crippen MR) is 112 cm³/mol. The standard InChI is InChI=1S/C22H27N3O4/c1-4-25(5-2)22(29)24-19-12-10-17(11-13-19)15(3)23-20(26)14-16-6-8-18(9-7-16)21(27)28/h6-13,15H,4-5,14H2,1-3H3,(H,23,26)(H,24,29)(H,27,28). The number of urea groups is 1. The molecule has 0 fully saturated rings. The van der Waals surface area contributed by atoms with Crippen LogP contribution in [0.2, 0.25) is 0 Å². The Morgan fingerprint density at radius 1 is 0.966 bits per heavy atom. The van der Waals surface area contributed by atoms with Crippen LogP contribution in [0.5, 0.6) is 0 Å². The van der Waals surface area contributed by atoms with Crippen molar-refractivity contribution in [2.75, 3.05) is 18.4 Å². The fraction of sp³-hybridized carbons (Fsp3) is 0.318. The van der Waals surface area contributed by atoms with Crippen LogP contribution in [-0.2, 0) is 11.2 Å². The lowest BCUT2D eigenvalue weighted by Gasteiger charge is -2.19. The van der Waals surface area contributed by atoms with Crippen LogP contribution in [0.15, 0.2) is 48.5 Å². The van der Waals surface area contributed by atoms with Gasteiger partial charge in [0.2, 0.25) is 5.91 Å². The molecule has 7 heteroatoms. The minimum Gasteiger partial charge on any atom is -0.478 e. The second-order valence-corrected chi connectivity index (χ2v) is 6.69. The molecule has 0 aromatic heterocycles. The molecule has 0 spiro atoms. The SMILES string of the molecule is CCN(CC)C(=O)Nc1ccc(C(C)NC(=O)Cc2ccc(C(=O)O)cc2)cc1. The van der Waals surface area contributed by atoms with E-state index in [0.29, 0.717) is 18.8 Å². The summed E-state index contributed by atoms with van der Waals surface area (Å²) in [4.78, 5) is 36.9. The smallest absolute Gasteiger partial charge is 0.335 e. The molecule has 0 saturated carbocycles. The van der Waals surface area contributed by atoms with Crippen molar-refractivity contribution in [1.82, 2.24) is 10.2 Å². The third-order valence-corrected chi connectivity index (χ3v) is 4.66. The fourth-order valence-electron chi connectivity index (χ4n) is 2.89. The lowest BCUT2D eigenvalue weighted by molar-refractivity contribution is -0.121. The van der Waals surface area contributed by atoms with E-state index in [1.807, 2.05) is 45.0 Å². The van der Waals surface area contributed by atoms with Gasteiger partial charge >= 0.3 is 12.0 Å². The van der Waals surface area contributed by atoms with Gasteiger partial charge < -0.3 is 20.6 Å². The first-order valence-electron chi connectivity index (χ1n) is 9.61. The van der Waals surface area contributed by atoms with Gasteiger partial charge in [0, 0.05) is 18.8 Å². The maximum Gasteiger partial charge on any atom is 0.335 e. The number of benzene rings is 2. The van der Waals surface area contributed by atoms with Gasteiger partial charge in [-0.05, 0) is 56.2 Å². The Morgan fingerprint density at radius 2 is 1.55 bits per heavy atom. The van der Waals surface area contributed by atoms with E-state index in [1.54, 1.807) is 17.0 Å². The van der Waals surface area contributed by atoms with Crippen LogP contribution in [-0.4, -0.2) is 41.0 Å². The zero-order valence-corrected chi connectivity index (χ0v) is 16.9. The van der Waals surface area contributed by atoms with Crippen LogP contribution in [0.25, 0.3) is 0 Å². The fourth-order valence-corrected chi connectivity index (χ4v) is 2.89. The van der Waals surface area contributed by atoms with Gasteiger partial charge in [0.1, 0.15) is 0 Å².